The van der Waals surface area contributed by atoms with E-state index in [1.54, 1.807) is 0 Å². The summed E-state index contributed by atoms with van der Waals surface area (Å²) in [6.07, 6.45) is 13.7. The molecule has 2 fully saturated rings. The van der Waals surface area contributed by atoms with Gasteiger partial charge in [-0.05, 0) is 31.1 Å². The van der Waals surface area contributed by atoms with E-state index in [9.17, 15) is 10.2 Å². The van der Waals surface area contributed by atoms with E-state index in [1.165, 1.54) is 57.8 Å². The quantitative estimate of drug-likeness (QED) is 0.759. The van der Waals surface area contributed by atoms with Crippen molar-refractivity contribution in [1.29, 1.82) is 0 Å². The fourth-order valence-corrected chi connectivity index (χ4v) is 3.82. The van der Waals surface area contributed by atoms with Crippen molar-refractivity contribution in [2.24, 2.45) is 11.8 Å². The molecule has 0 amide bonds. The Hall–Kier alpha value is -0.0800. The Balaban J connectivity index is 1.61. The van der Waals surface area contributed by atoms with E-state index in [2.05, 4.69) is 0 Å². The fourth-order valence-electron chi connectivity index (χ4n) is 3.82. The van der Waals surface area contributed by atoms with Crippen LogP contribution in [0.25, 0.3) is 0 Å². The van der Waals surface area contributed by atoms with E-state index in [1.807, 2.05) is 0 Å². The van der Waals surface area contributed by atoms with E-state index < -0.39 is 12.2 Å². The van der Waals surface area contributed by atoms with Gasteiger partial charge in [0.05, 0.1) is 12.2 Å². The van der Waals surface area contributed by atoms with Gasteiger partial charge in [-0.1, -0.05) is 57.8 Å². The van der Waals surface area contributed by atoms with Crippen molar-refractivity contribution in [3.8, 4) is 0 Å². The van der Waals surface area contributed by atoms with Crippen molar-refractivity contribution in [2.45, 2.75) is 89.3 Å². The molecular weight excluding hydrogens is 224 g/mol. The summed E-state index contributed by atoms with van der Waals surface area (Å²) in [6, 6.07) is 0. The number of hydrogen-bond acceptors (Lipinski definition) is 2. The SMILES string of the molecule is OC(CCC1CCCCC1)C(O)CC1CCCC1. The van der Waals surface area contributed by atoms with Crippen LogP contribution in [-0.4, -0.2) is 22.4 Å². The molecule has 0 heterocycles. The molecule has 18 heavy (non-hydrogen) atoms. The Morgan fingerprint density at radius 1 is 0.722 bits per heavy atom. The van der Waals surface area contributed by atoms with Gasteiger partial charge in [-0.25, -0.2) is 0 Å². The molecule has 0 aromatic carbocycles. The zero-order chi connectivity index (χ0) is 12.8. The van der Waals surface area contributed by atoms with E-state index in [-0.39, 0.29) is 0 Å². The van der Waals surface area contributed by atoms with E-state index in [0.717, 1.165) is 25.2 Å². The third kappa shape index (κ3) is 4.55. The number of aliphatic hydroxyl groups excluding tert-OH is 2. The maximum atomic E-state index is 10.1. The molecule has 2 rings (SSSR count). The summed E-state index contributed by atoms with van der Waals surface area (Å²) in [6.45, 7) is 0. The molecule has 2 N–H and O–H groups in total. The van der Waals surface area contributed by atoms with Crippen LogP contribution >= 0.6 is 0 Å². The van der Waals surface area contributed by atoms with Gasteiger partial charge in [-0.15, -0.1) is 0 Å². The van der Waals surface area contributed by atoms with Crippen LogP contribution in [-0.2, 0) is 0 Å². The molecule has 0 aliphatic heterocycles. The van der Waals surface area contributed by atoms with Crippen molar-refractivity contribution in [3.63, 3.8) is 0 Å². The minimum atomic E-state index is -0.479. The Labute approximate surface area is 112 Å². The summed E-state index contributed by atoms with van der Waals surface area (Å²) >= 11 is 0. The van der Waals surface area contributed by atoms with Gasteiger partial charge in [0.25, 0.3) is 0 Å². The maximum Gasteiger partial charge on any atom is 0.0801 e. The Morgan fingerprint density at radius 2 is 1.28 bits per heavy atom. The van der Waals surface area contributed by atoms with Crippen molar-refractivity contribution in [3.05, 3.63) is 0 Å². The van der Waals surface area contributed by atoms with Crippen molar-refractivity contribution < 1.29 is 10.2 Å². The molecule has 2 unspecified atom stereocenters. The lowest BCUT2D eigenvalue weighted by Crippen LogP contribution is -2.28. The van der Waals surface area contributed by atoms with Crippen molar-refractivity contribution in [2.75, 3.05) is 0 Å². The zero-order valence-electron chi connectivity index (χ0n) is 11.7. The third-order valence-electron chi connectivity index (χ3n) is 5.09. The van der Waals surface area contributed by atoms with Gasteiger partial charge in [0.15, 0.2) is 0 Å². The van der Waals surface area contributed by atoms with Gasteiger partial charge >= 0.3 is 0 Å². The molecule has 2 atom stereocenters. The van der Waals surface area contributed by atoms with E-state index in [0.29, 0.717) is 5.92 Å². The van der Waals surface area contributed by atoms with Gasteiger partial charge in [0, 0.05) is 0 Å². The summed E-state index contributed by atoms with van der Waals surface area (Å²) in [5.74, 6) is 1.48. The first-order valence-electron chi connectivity index (χ1n) is 8.12. The molecule has 0 aromatic rings. The third-order valence-corrected chi connectivity index (χ3v) is 5.09. The normalized spacial score (nSPS) is 26.3. The van der Waals surface area contributed by atoms with E-state index in [4.69, 9.17) is 0 Å². The monoisotopic (exact) mass is 254 g/mol. The lowest BCUT2D eigenvalue weighted by molar-refractivity contribution is -0.00293. The van der Waals surface area contributed by atoms with Crippen molar-refractivity contribution >= 4 is 0 Å². The van der Waals surface area contributed by atoms with Crippen molar-refractivity contribution in [1.82, 2.24) is 0 Å². The molecule has 2 heteroatoms. The predicted molar refractivity (Wildman–Crippen MR) is 74.4 cm³/mol. The predicted octanol–water partition coefficient (Wildman–Crippen LogP) is 3.65. The van der Waals surface area contributed by atoms with Gasteiger partial charge in [-0.3, -0.25) is 0 Å². The molecule has 0 aromatic heterocycles. The summed E-state index contributed by atoms with van der Waals surface area (Å²) in [7, 11) is 0. The van der Waals surface area contributed by atoms with Crippen LogP contribution in [0.2, 0.25) is 0 Å². The lowest BCUT2D eigenvalue weighted by atomic mass is 9.84. The van der Waals surface area contributed by atoms with Crippen LogP contribution in [0.5, 0.6) is 0 Å². The molecule has 0 spiro atoms. The molecule has 0 radical (unpaired) electrons. The lowest BCUT2D eigenvalue weighted by Gasteiger charge is -2.25. The molecule has 0 saturated heterocycles. The summed E-state index contributed by atoms with van der Waals surface area (Å²) in [4.78, 5) is 0. The molecule has 2 saturated carbocycles. The molecule has 2 aliphatic rings. The molecular formula is C16H30O2. The molecule has 2 nitrogen and oxygen atoms in total. The average Bonchev–Trinajstić information content (AvgIpc) is 2.90. The van der Waals surface area contributed by atoms with E-state index >= 15 is 0 Å². The molecule has 2 aliphatic carbocycles. The highest BCUT2D eigenvalue weighted by Gasteiger charge is 2.24. The number of rotatable bonds is 6. The number of hydrogen-bond donors (Lipinski definition) is 2. The topological polar surface area (TPSA) is 40.5 Å². The highest BCUT2D eigenvalue weighted by atomic mass is 16.3. The van der Waals surface area contributed by atoms with Gasteiger partial charge < -0.3 is 10.2 Å². The first-order valence-corrected chi connectivity index (χ1v) is 8.12. The largest absolute Gasteiger partial charge is 0.390 e. The Kier molecular flexibility index (Phi) is 5.97. The van der Waals surface area contributed by atoms with Gasteiger partial charge in [0.1, 0.15) is 0 Å². The smallest absolute Gasteiger partial charge is 0.0801 e. The minimum absolute atomic E-state index is 0.475. The molecule has 0 bridgehead atoms. The fraction of sp³-hybridized carbons (Fsp3) is 1.00. The molecule has 106 valence electrons. The van der Waals surface area contributed by atoms with Crippen LogP contribution in [0, 0.1) is 11.8 Å². The summed E-state index contributed by atoms with van der Waals surface area (Å²) < 4.78 is 0. The highest BCUT2D eigenvalue weighted by molar-refractivity contribution is 4.77. The Bertz CT molecular complexity index is 217. The second kappa shape index (κ2) is 7.49. The summed E-state index contributed by atoms with van der Waals surface area (Å²) in [5.41, 5.74) is 0. The standard InChI is InChI=1S/C16H30O2/c17-15(11-10-13-6-2-1-3-7-13)16(18)12-14-8-4-5-9-14/h13-18H,1-12H2. The second-order valence-electron chi connectivity index (χ2n) is 6.60. The van der Waals surface area contributed by atoms with Crippen LogP contribution in [0.15, 0.2) is 0 Å². The second-order valence-corrected chi connectivity index (χ2v) is 6.60. The number of aliphatic hydroxyl groups is 2. The first kappa shape index (κ1) is 14.3. The van der Waals surface area contributed by atoms with Crippen LogP contribution in [0.1, 0.15) is 77.0 Å². The maximum absolute atomic E-state index is 10.1. The van der Waals surface area contributed by atoms with Crippen LogP contribution in [0.4, 0.5) is 0 Å². The summed E-state index contributed by atoms with van der Waals surface area (Å²) in [5, 5.41) is 20.1. The highest BCUT2D eigenvalue weighted by Crippen LogP contribution is 2.31. The average molecular weight is 254 g/mol. The first-order chi connectivity index (χ1) is 8.75. The van der Waals surface area contributed by atoms with Crippen LogP contribution in [0.3, 0.4) is 0 Å². The zero-order valence-corrected chi connectivity index (χ0v) is 11.7. The van der Waals surface area contributed by atoms with Crippen LogP contribution < -0.4 is 0 Å². The van der Waals surface area contributed by atoms with Gasteiger partial charge in [-0.2, -0.15) is 0 Å². The minimum Gasteiger partial charge on any atom is -0.390 e. The van der Waals surface area contributed by atoms with Gasteiger partial charge in [0.2, 0.25) is 0 Å². The Morgan fingerprint density at radius 3 is 1.94 bits per heavy atom.